The minimum Gasteiger partial charge on any atom is -0.507 e. The van der Waals surface area contributed by atoms with E-state index in [9.17, 15) is 14.7 Å². The minimum atomic E-state index is -0.819. The number of ether oxygens (including phenoxy) is 1. The van der Waals surface area contributed by atoms with Gasteiger partial charge < -0.3 is 14.7 Å². The number of rotatable bonds is 4. The third-order valence-electron chi connectivity index (χ3n) is 5.55. The van der Waals surface area contributed by atoms with Crippen LogP contribution in [0.25, 0.3) is 5.76 Å². The van der Waals surface area contributed by atoms with Gasteiger partial charge in [-0.1, -0.05) is 59.1 Å². The third kappa shape index (κ3) is 3.85. The highest BCUT2D eigenvalue weighted by molar-refractivity contribution is 6.47. The lowest BCUT2D eigenvalue weighted by Gasteiger charge is -2.28. The summed E-state index contributed by atoms with van der Waals surface area (Å²) in [5.41, 5.74) is 2.03. The quantitative estimate of drug-likeness (QED) is 0.412. The van der Waals surface area contributed by atoms with Crippen molar-refractivity contribution in [1.29, 1.82) is 0 Å². The van der Waals surface area contributed by atoms with Crippen LogP contribution in [-0.2, 0) is 14.3 Å². The summed E-state index contributed by atoms with van der Waals surface area (Å²) in [6.07, 6.45) is 1.56. The van der Waals surface area contributed by atoms with Crippen LogP contribution in [0, 0.1) is 6.92 Å². The molecule has 0 unspecified atom stereocenters. The molecule has 2 aromatic rings. The second-order valence-electron chi connectivity index (χ2n) is 7.62. The maximum atomic E-state index is 13.0. The summed E-state index contributed by atoms with van der Waals surface area (Å²) >= 11 is 12.5. The highest BCUT2D eigenvalue weighted by atomic mass is 35.5. The van der Waals surface area contributed by atoms with Crippen molar-refractivity contribution in [2.75, 3.05) is 13.2 Å². The number of nitrogens with zero attached hydrogens (tertiary/aromatic N) is 1. The van der Waals surface area contributed by atoms with Crippen LogP contribution in [-0.4, -0.2) is 41.0 Å². The highest BCUT2D eigenvalue weighted by Crippen LogP contribution is 2.42. The molecule has 0 spiro atoms. The van der Waals surface area contributed by atoms with Crippen LogP contribution in [0.5, 0.6) is 0 Å². The van der Waals surface area contributed by atoms with Gasteiger partial charge in [0.15, 0.2) is 0 Å². The number of hydrogen-bond acceptors (Lipinski definition) is 4. The van der Waals surface area contributed by atoms with Crippen LogP contribution in [0.1, 0.15) is 35.6 Å². The second kappa shape index (κ2) is 8.42. The normalized spacial score (nSPS) is 23.4. The van der Waals surface area contributed by atoms with Crippen molar-refractivity contribution < 1.29 is 19.4 Å². The fraction of sp³-hybridized carbons (Fsp3) is 0.304. The molecular formula is C23H21Cl2NO4. The van der Waals surface area contributed by atoms with Crippen LogP contribution in [0.2, 0.25) is 10.0 Å². The maximum Gasteiger partial charge on any atom is 0.295 e. The molecule has 2 fully saturated rings. The Kier molecular flexibility index (Phi) is 5.87. The molecule has 1 N–H and O–H groups in total. The molecule has 0 aromatic heterocycles. The van der Waals surface area contributed by atoms with E-state index in [-0.39, 0.29) is 24.0 Å². The number of benzene rings is 2. The number of aryl methyl sites for hydroxylation is 1. The molecule has 7 heteroatoms. The van der Waals surface area contributed by atoms with Gasteiger partial charge in [0.2, 0.25) is 0 Å². The second-order valence-corrected chi connectivity index (χ2v) is 8.46. The number of carbonyl (C=O) groups is 2. The molecule has 156 valence electrons. The van der Waals surface area contributed by atoms with Crippen molar-refractivity contribution >= 4 is 40.7 Å². The molecule has 4 rings (SSSR count). The average molecular weight is 446 g/mol. The van der Waals surface area contributed by atoms with Crippen molar-refractivity contribution in [2.45, 2.75) is 31.9 Å². The monoisotopic (exact) mass is 445 g/mol. The number of hydrogen-bond donors (Lipinski definition) is 1. The average Bonchev–Trinajstić information content (AvgIpc) is 3.31. The van der Waals surface area contributed by atoms with Gasteiger partial charge in [0.05, 0.1) is 17.7 Å². The molecule has 30 heavy (non-hydrogen) atoms. The Morgan fingerprint density at radius 1 is 1.17 bits per heavy atom. The lowest BCUT2D eigenvalue weighted by Crippen LogP contribution is -2.36. The van der Waals surface area contributed by atoms with Gasteiger partial charge >= 0.3 is 0 Å². The van der Waals surface area contributed by atoms with E-state index >= 15 is 0 Å². The first-order valence-electron chi connectivity index (χ1n) is 9.79. The number of aliphatic hydroxyl groups excluding tert-OH is 1. The Morgan fingerprint density at radius 2 is 1.90 bits per heavy atom. The summed E-state index contributed by atoms with van der Waals surface area (Å²) in [6.45, 7) is 2.81. The zero-order valence-corrected chi connectivity index (χ0v) is 17.9. The largest absolute Gasteiger partial charge is 0.507 e. The van der Waals surface area contributed by atoms with E-state index in [1.54, 1.807) is 30.3 Å². The lowest BCUT2D eigenvalue weighted by molar-refractivity contribution is -0.140. The molecule has 0 radical (unpaired) electrons. The summed E-state index contributed by atoms with van der Waals surface area (Å²) in [4.78, 5) is 27.4. The standard InChI is InChI=1S/C23H21Cl2NO4/c1-13-4-6-14(7-5-13)21(27)19-20(17-9-8-15(24)11-18(17)25)26(23(29)22(19)28)12-16-3-2-10-30-16/h4-9,11,16,20,27H,2-3,10,12H2,1H3/t16-,20+/m1/s1. The number of carbonyl (C=O) groups excluding carboxylic acids is 2. The van der Waals surface area contributed by atoms with Crippen molar-refractivity contribution in [3.63, 3.8) is 0 Å². The summed E-state index contributed by atoms with van der Waals surface area (Å²) in [5, 5.41) is 11.8. The van der Waals surface area contributed by atoms with Gasteiger partial charge in [-0.25, -0.2) is 0 Å². The molecule has 1 amide bonds. The first-order valence-corrected chi connectivity index (χ1v) is 10.5. The summed E-state index contributed by atoms with van der Waals surface area (Å²) in [5.74, 6) is -1.63. The van der Waals surface area contributed by atoms with Crippen molar-refractivity contribution in [1.82, 2.24) is 4.90 Å². The predicted octanol–water partition coefficient (Wildman–Crippen LogP) is 4.90. The van der Waals surface area contributed by atoms with E-state index in [4.69, 9.17) is 27.9 Å². The van der Waals surface area contributed by atoms with E-state index in [2.05, 4.69) is 0 Å². The first-order chi connectivity index (χ1) is 14.4. The summed E-state index contributed by atoms with van der Waals surface area (Å²) in [6, 6.07) is 11.2. The molecule has 2 aliphatic rings. The Balaban J connectivity index is 1.85. The van der Waals surface area contributed by atoms with Gasteiger partial charge in [0, 0.05) is 28.8 Å². The van der Waals surface area contributed by atoms with Crippen molar-refractivity contribution in [3.05, 3.63) is 74.8 Å². The molecule has 2 saturated heterocycles. The van der Waals surface area contributed by atoms with E-state index in [1.807, 2.05) is 19.1 Å². The number of halogens is 2. The summed E-state index contributed by atoms with van der Waals surface area (Å²) < 4.78 is 5.69. The van der Waals surface area contributed by atoms with Crippen LogP contribution >= 0.6 is 23.2 Å². The fourth-order valence-corrected chi connectivity index (χ4v) is 4.50. The fourth-order valence-electron chi connectivity index (χ4n) is 3.99. The molecular weight excluding hydrogens is 425 g/mol. The third-order valence-corrected chi connectivity index (χ3v) is 6.11. The minimum absolute atomic E-state index is 0.0195. The van der Waals surface area contributed by atoms with E-state index in [1.165, 1.54) is 4.90 Å². The zero-order chi connectivity index (χ0) is 21.4. The lowest BCUT2D eigenvalue weighted by atomic mass is 9.95. The van der Waals surface area contributed by atoms with Crippen molar-refractivity contribution in [2.24, 2.45) is 0 Å². The molecule has 2 atom stereocenters. The summed E-state index contributed by atoms with van der Waals surface area (Å²) in [7, 11) is 0. The Hall–Kier alpha value is -2.34. The SMILES string of the molecule is Cc1ccc(C(O)=C2C(=O)C(=O)N(C[C@H]3CCCO3)[C@H]2c2ccc(Cl)cc2Cl)cc1. The van der Waals surface area contributed by atoms with E-state index in [0.29, 0.717) is 27.8 Å². The van der Waals surface area contributed by atoms with Crippen molar-refractivity contribution in [3.8, 4) is 0 Å². The topological polar surface area (TPSA) is 66.8 Å². The van der Waals surface area contributed by atoms with Crippen LogP contribution in [0.4, 0.5) is 0 Å². The van der Waals surface area contributed by atoms with Crippen LogP contribution < -0.4 is 0 Å². The number of amides is 1. The number of aliphatic hydroxyl groups is 1. The van der Waals surface area contributed by atoms with Crippen LogP contribution in [0.3, 0.4) is 0 Å². The number of Topliss-reactive ketones (excluding diaryl/α,β-unsaturated/α-hetero) is 1. The molecule has 5 nitrogen and oxygen atoms in total. The van der Waals surface area contributed by atoms with Gasteiger partial charge in [-0.2, -0.15) is 0 Å². The Labute approximate surface area is 184 Å². The predicted molar refractivity (Wildman–Crippen MR) is 116 cm³/mol. The first kappa shape index (κ1) is 20.9. The smallest absolute Gasteiger partial charge is 0.295 e. The number of likely N-dealkylation sites (tertiary alicyclic amines) is 1. The molecule has 2 heterocycles. The molecule has 0 bridgehead atoms. The molecule has 0 saturated carbocycles. The van der Waals surface area contributed by atoms with Gasteiger partial charge in [0.1, 0.15) is 5.76 Å². The Bertz CT molecular complexity index is 1030. The van der Waals surface area contributed by atoms with E-state index in [0.717, 1.165) is 18.4 Å². The highest BCUT2D eigenvalue weighted by Gasteiger charge is 2.47. The van der Waals surface area contributed by atoms with E-state index < -0.39 is 17.7 Å². The van der Waals surface area contributed by atoms with Gasteiger partial charge in [-0.05, 0) is 37.5 Å². The number of ketones is 1. The van der Waals surface area contributed by atoms with Gasteiger partial charge in [-0.3, -0.25) is 9.59 Å². The molecule has 2 aliphatic heterocycles. The van der Waals surface area contributed by atoms with Gasteiger partial charge in [-0.15, -0.1) is 0 Å². The van der Waals surface area contributed by atoms with Crippen LogP contribution in [0.15, 0.2) is 48.0 Å². The van der Waals surface area contributed by atoms with Gasteiger partial charge in [0.25, 0.3) is 11.7 Å². The molecule has 2 aromatic carbocycles. The Morgan fingerprint density at radius 3 is 2.53 bits per heavy atom. The molecule has 0 aliphatic carbocycles. The maximum absolute atomic E-state index is 13.0. The zero-order valence-electron chi connectivity index (χ0n) is 16.4.